The van der Waals surface area contributed by atoms with E-state index in [4.69, 9.17) is 9.47 Å². The van der Waals surface area contributed by atoms with Crippen LogP contribution in [0.1, 0.15) is 12.8 Å². The molecule has 0 spiro atoms. The highest BCUT2D eigenvalue weighted by Gasteiger charge is 2.27. The zero-order chi connectivity index (χ0) is 13.8. The van der Waals surface area contributed by atoms with Gasteiger partial charge in [-0.3, -0.25) is 0 Å². The Morgan fingerprint density at radius 3 is 3.10 bits per heavy atom. The van der Waals surface area contributed by atoms with Gasteiger partial charge in [-0.05, 0) is 32.0 Å². The third-order valence-corrected chi connectivity index (χ3v) is 4.34. The third kappa shape index (κ3) is 2.91. The van der Waals surface area contributed by atoms with E-state index in [1.165, 1.54) is 5.69 Å². The van der Waals surface area contributed by atoms with E-state index in [0.29, 0.717) is 12.0 Å². The number of nitrogens with one attached hydrogen (secondary N) is 1. The van der Waals surface area contributed by atoms with E-state index in [1.807, 2.05) is 6.07 Å². The summed E-state index contributed by atoms with van der Waals surface area (Å²) in [5.74, 6) is 1.56. The number of hydrogen-bond donors (Lipinski definition) is 1. The van der Waals surface area contributed by atoms with Crippen LogP contribution in [0.3, 0.4) is 0 Å². The van der Waals surface area contributed by atoms with Crippen LogP contribution < -0.4 is 15.0 Å². The van der Waals surface area contributed by atoms with Gasteiger partial charge in [-0.2, -0.15) is 0 Å². The minimum atomic E-state index is 0.542. The van der Waals surface area contributed by atoms with Gasteiger partial charge in [-0.25, -0.2) is 0 Å². The summed E-state index contributed by atoms with van der Waals surface area (Å²) in [6.45, 7) is 4.63. The lowest BCUT2D eigenvalue weighted by Gasteiger charge is -2.36. The molecule has 4 heteroatoms. The van der Waals surface area contributed by atoms with Crippen molar-refractivity contribution in [2.75, 3.05) is 44.9 Å². The zero-order valence-corrected chi connectivity index (χ0v) is 12.2. The summed E-state index contributed by atoms with van der Waals surface area (Å²) in [6, 6.07) is 8.93. The van der Waals surface area contributed by atoms with Gasteiger partial charge in [0, 0.05) is 31.7 Å². The molecule has 2 atom stereocenters. The fraction of sp³-hybridized carbons (Fsp3) is 0.625. The Balaban J connectivity index is 1.76. The number of fused-ring (bicyclic) bond motifs is 1. The molecule has 1 N–H and O–H groups in total. The number of anilines is 1. The second-order valence-electron chi connectivity index (χ2n) is 5.63. The highest BCUT2D eigenvalue weighted by atomic mass is 16.5. The highest BCUT2D eigenvalue weighted by Crippen LogP contribution is 2.31. The molecule has 2 unspecified atom stereocenters. The van der Waals surface area contributed by atoms with Crippen LogP contribution in [0.2, 0.25) is 0 Å². The normalized spacial score (nSPS) is 26.6. The van der Waals surface area contributed by atoms with E-state index >= 15 is 0 Å². The summed E-state index contributed by atoms with van der Waals surface area (Å²) in [4.78, 5) is 2.46. The van der Waals surface area contributed by atoms with E-state index in [9.17, 15) is 0 Å². The molecule has 4 nitrogen and oxygen atoms in total. The van der Waals surface area contributed by atoms with Gasteiger partial charge in [-0.1, -0.05) is 12.1 Å². The van der Waals surface area contributed by atoms with Crippen molar-refractivity contribution in [2.45, 2.75) is 18.9 Å². The molecular formula is C16H24N2O2. The molecular weight excluding hydrogens is 252 g/mol. The van der Waals surface area contributed by atoms with Crippen LogP contribution in [0.5, 0.6) is 5.75 Å². The second kappa shape index (κ2) is 6.46. The zero-order valence-electron chi connectivity index (χ0n) is 12.2. The quantitative estimate of drug-likeness (QED) is 0.914. The maximum atomic E-state index is 5.83. The Labute approximate surface area is 121 Å². The van der Waals surface area contributed by atoms with Gasteiger partial charge in [0.05, 0.1) is 18.9 Å². The van der Waals surface area contributed by atoms with Crippen LogP contribution in [0.4, 0.5) is 5.69 Å². The van der Waals surface area contributed by atoms with Crippen LogP contribution >= 0.6 is 0 Å². The molecule has 2 aliphatic rings. The Hall–Kier alpha value is -1.26. The van der Waals surface area contributed by atoms with Gasteiger partial charge in [0.2, 0.25) is 0 Å². The maximum absolute atomic E-state index is 5.83. The van der Waals surface area contributed by atoms with E-state index in [2.05, 4.69) is 35.5 Å². The fourth-order valence-electron chi connectivity index (χ4n) is 3.23. The summed E-state index contributed by atoms with van der Waals surface area (Å²) in [6.07, 6.45) is 2.18. The molecule has 0 aliphatic carbocycles. The van der Waals surface area contributed by atoms with Crippen molar-refractivity contribution in [3.63, 3.8) is 0 Å². The van der Waals surface area contributed by atoms with Gasteiger partial charge < -0.3 is 19.7 Å². The molecule has 1 saturated heterocycles. The monoisotopic (exact) mass is 276 g/mol. The Bertz CT molecular complexity index is 438. The van der Waals surface area contributed by atoms with Crippen molar-refractivity contribution in [3.8, 4) is 5.75 Å². The van der Waals surface area contributed by atoms with Crippen molar-refractivity contribution in [3.05, 3.63) is 24.3 Å². The lowest BCUT2D eigenvalue weighted by atomic mass is 9.95. The minimum absolute atomic E-state index is 0.542. The maximum Gasteiger partial charge on any atom is 0.142 e. The predicted octanol–water partition coefficient (Wildman–Crippen LogP) is 1.90. The van der Waals surface area contributed by atoms with Crippen molar-refractivity contribution in [1.29, 1.82) is 0 Å². The number of rotatable bonds is 3. The summed E-state index contributed by atoms with van der Waals surface area (Å²) in [5, 5.41) is 3.45. The Morgan fingerprint density at radius 1 is 1.30 bits per heavy atom. The summed E-state index contributed by atoms with van der Waals surface area (Å²) in [7, 11) is 2.06. The van der Waals surface area contributed by atoms with E-state index in [0.717, 1.165) is 51.5 Å². The second-order valence-corrected chi connectivity index (χ2v) is 5.63. The molecule has 20 heavy (non-hydrogen) atoms. The van der Waals surface area contributed by atoms with Gasteiger partial charge in [-0.15, -0.1) is 0 Å². The molecule has 0 saturated carbocycles. The first kappa shape index (κ1) is 13.7. The predicted molar refractivity (Wildman–Crippen MR) is 80.5 cm³/mol. The Morgan fingerprint density at radius 2 is 2.20 bits per heavy atom. The first-order valence-corrected chi connectivity index (χ1v) is 7.60. The van der Waals surface area contributed by atoms with Gasteiger partial charge in [0.25, 0.3) is 0 Å². The molecule has 2 heterocycles. The SMILES string of the molecule is CNC1CCOCC1CN1CCCOc2ccccc21. The first-order valence-electron chi connectivity index (χ1n) is 7.60. The van der Waals surface area contributed by atoms with Gasteiger partial charge in [0.1, 0.15) is 5.75 Å². The van der Waals surface area contributed by atoms with Crippen LogP contribution in [-0.2, 0) is 4.74 Å². The molecule has 0 aromatic heterocycles. The minimum Gasteiger partial charge on any atom is -0.491 e. The highest BCUT2D eigenvalue weighted by molar-refractivity contribution is 5.59. The van der Waals surface area contributed by atoms with Crippen molar-refractivity contribution < 1.29 is 9.47 Å². The molecule has 1 fully saturated rings. The average molecular weight is 276 g/mol. The molecule has 0 radical (unpaired) electrons. The van der Waals surface area contributed by atoms with Crippen molar-refractivity contribution in [1.82, 2.24) is 5.32 Å². The van der Waals surface area contributed by atoms with Crippen molar-refractivity contribution in [2.24, 2.45) is 5.92 Å². The standard InChI is InChI=1S/C16H24N2O2/c1-17-14-7-10-19-12-13(14)11-18-8-4-9-20-16-6-3-2-5-15(16)18/h2-3,5-6,13-14,17H,4,7-12H2,1H3. The fourth-order valence-corrected chi connectivity index (χ4v) is 3.23. The van der Waals surface area contributed by atoms with Crippen LogP contribution in [-0.4, -0.2) is 46.0 Å². The van der Waals surface area contributed by atoms with E-state index in [1.54, 1.807) is 0 Å². The number of nitrogens with zero attached hydrogens (tertiary/aromatic N) is 1. The lowest BCUT2D eigenvalue weighted by molar-refractivity contribution is 0.0367. The molecule has 2 aliphatic heterocycles. The number of ether oxygens (including phenoxy) is 2. The van der Waals surface area contributed by atoms with E-state index in [-0.39, 0.29) is 0 Å². The first-order chi connectivity index (χ1) is 9.88. The molecule has 1 aromatic rings. The van der Waals surface area contributed by atoms with Crippen LogP contribution in [0.25, 0.3) is 0 Å². The van der Waals surface area contributed by atoms with Crippen LogP contribution in [0.15, 0.2) is 24.3 Å². The van der Waals surface area contributed by atoms with Crippen LogP contribution in [0, 0.1) is 5.92 Å². The molecule has 0 bridgehead atoms. The summed E-state index contributed by atoms with van der Waals surface area (Å²) < 4.78 is 11.5. The smallest absolute Gasteiger partial charge is 0.142 e. The van der Waals surface area contributed by atoms with Gasteiger partial charge >= 0.3 is 0 Å². The third-order valence-electron chi connectivity index (χ3n) is 4.34. The molecule has 0 amide bonds. The molecule has 1 aromatic carbocycles. The lowest BCUT2D eigenvalue weighted by Crippen LogP contribution is -2.46. The average Bonchev–Trinajstić information content (AvgIpc) is 2.71. The molecule has 3 rings (SSSR count). The number of benzene rings is 1. The molecule has 110 valence electrons. The van der Waals surface area contributed by atoms with Gasteiger partial charge in [0.15, 0.2) is 0 Å². The Kier molecular flexibility index (Phi) is 4.43. The summed E-state index contributed by atoms with van der Waals surface area (Å²) in [5.41, 5.74) is 1.23. The number of para-hydroxylation sites is 2. The largest absolute Gasteiger partial charge is 0.491 e. The topological polar surface area (TPSA) is 33.7 Å². The van der Waals surface area contributed by atoms with Crippen molar-refractivity contribution >= 4 is 5.69 Å². The van der Waals surface area contributed by atoms with E-state index < -0.39 is 0 Å². The summed E-state index contributed by atoms with van der Waals surface area (Å²) >= 11 is 0. The number of hydrogen-bond acceptors (Lipinski definition) is 4.